The van der Waals surface area contributed by atoms with Crippen LogP contribution in [0.15, 0.2) is 219 Å². The molecule has 606 valence electrons. The molecule has 0 fully saturated rings. The first-order valence-electron chi connectivity index (χ1n) is 40.0. The Morgan fingerprint density at radius 1 is 0.269 bits per heavy atom. The predicted octanol–water partition coefficient (Wildman–Crippen LogP) is 23.7. The van der Waals surface area contributed by atoms with Crippen LogP contribution in [0.2, 0.25) is 0 Å². The van der Waals surface area contributed by atoms with Gasteiger partial charge in [0.15, 0.2) is 12.2 Å². The second-order valence-electron chi connectivity index (χ2n) is 25.5. The first-order chi connectivity index (χ1) is 52.7. The SMILES string of the molecule is CC/C=C\C/C=C\C/C=C\C/C=C\C/C=C\CCCCCC(=O)OCC(COP(=O)(O)OCC(O)COP(=O)(O)OCC(COC(=O)CCCCCC/C=C\C/C=C\C/C=C\C/C=C\CC)OC(=O)C/C=C\C/C=C\C/C=C\C/C=C\C/C=C\CC)OC(=O)CCCCCC/C=C\C/C=C\C/C=C\C/C=C\CC. The van der Waals surface area contributed by atoms with Crippen LogP contribution >= 0.6 is 15.6 Å². The van der Waals surface area contributed by atoms with Gasteiger partial charge in [0.2, 0.25) is 0 Å². The van der Waals surface area contributed by atoms with Crippen LogP contribution in [0.25, 0.3) is 0 Å². The van der Waals surface area contributed by atoms with Crippen LogP contribution in [0.4, 0.5) is 0 Å². The number of rotatable bonds is 72. The van der Waals surface area contributed by atoms with E-state index in [1.807, 2.05) is 12.2 Å². The van der Waals surface area contributed by atoms with Gasteiger partial charge in [-0.1, -0.05) is 279 Å². The van der Waals surface area contributed by atoms with Crippen LogP contribution in [0.5, 0.6) is 0 Å². The fraction of sp³-hybridized carbons (Fsp3) is 0.551. The van der Waals surface area contributed by atoms with Gasteiger partial charge < -0.3 is 33.8 Å². The largest absolute Gasteiger partial charge is 0.472 e. The monoisotopic (exact) mass is 1540 g/mol. The third-order valence-corrected chi connectivity index (χ3v) is 17.4. The van der Waals surface area contributed by atoms with E-state index in [-0.39, 0.29) is 25.7 Å². The summed E-state index contributed by atoms with van der Waals surface area (Å²) in [6.45, 7) is 4.17. The average molecular weight is 1540 g/mol. The van der Waals surface area contributed by atoms with E-state index in [9.17, 15) is 43.2 Å². The van der Waals surface area contributed by atoms with Crippen LogP contribution in [-0.2, 0) is 65.4 Å². The van der Waals surface area contributed by atoms with Crippen LogP contribution < -0.4 is 0 Å². The molecule has 0 spiro atoms. The number of carbonyl (C=O) groups is 4. The number of hydrogen-bond donors (Lipinski definition) is 3. The Morgan fingerprint density at radius 3 is 0.778 bits per heavy atom. The van der Waals surface area contributed by atoms with Crippen molar-refractivity contribution >= 4 is 39.5 Å². The van der Waals surface area contributed by atoms with Gasteiger partial charge in [0.25, 0.3) is 0 Å². The molecule has 17 nitrogen and oxygen atoms in total. The quantitative estimate of drug-likeness (QED) is 0.0169. The van der Waals surface area contributed by atoms with E-state index in [0.29, 0.717) is 25.7 Å². The second kappa shape index (κ2) is 78.5. The summed E-state index contributed by atoms with van der Waals surface area (Å²) in [5, 5.41) is 10.6. The zero-order valence-corrected chi connectivity index (χ0v) is 68.0. The lowest BCUT2D eigenvalue weighted by Crippen LogP contribution is -2.30. The van der Waals surface area contributed by atoms with Crippen LogP contribution in [0.3, 0.4) is 0 Å². The summed E-state index contributed by atoms with van der Waals surface area (Å²) < 4.78 is 68.4. The van der Waals surface area contributed by atoms with Crippen molar-refractivity contribution in [2.24, 2.45) is 0 Å². The van der Waals surface area contributed by atoms with E-state index in [1.54, 1.807) is 12.2 Å². The Hall–Kier alpha value is -6.62. The highest BCUT2D eigenvalue weighted by Crippen LogP contribution is 2.45. The van der Waals surface area contributed by atoms with Crippen molar-refractivity contribution in [3.8, 4) is 0 Å². The fourth-order valence-corrected chi connectivity index (χ4v) is 11.1. The zero-order chi connectivity index (χ0) is 78.9. The molecule has 19 heteroatoms. The Kier molecular flexibility index (Phi) is 73.7. The van der Waals surface area contributed by atoms with Crippen molar-refractivity contribution in [2.45, 2.75) is 277 Å². The van der Waals surface area contributed by atoms with E-state index >= 15 is 0 Å². The van der Waals surface area contributed by atoms with Gasteiger partial charge in [-0.05, 0) is 173 Å². The summed E-state index contributed by atoms with van der Waals surface area (Å²) >= 11 is 0. The summed E-state index contributed by atoms with van der Waals surface area (Å²) in [5.41, 5.74) is 0. The minimum absolute atomic E-state index is 0.0462. The Bertz CT molecular complexity index is 2910. The summed E-state index contributed by atoms with van der Waals surface area (Å²) in [6, 6.07) is 0. The topological polar surface area (TPSA) is 237 Å². The number of allylic oxidation sites excluding steroid dienone is 35. The van der Waals surface area contributed by atoms with Crippen molar-refractivity contribution in [3.05, 3.63) is 219 Å². The molecular weight excluding hydrogens is 1400 g/mol. The van der Waals surface area contributed by atoms with Gasteiger partial charge in [-0.2, -0.15) is 0 Å². The maximum atomic E-state index is 13.1. The van der Waals surface area contributed by atoms with Crippen molar-refractivity contribution in [1.82, 2.24) is 0 Å². The molecule has 0 aliphatic rings. The molecule has 0 amide bonds. The average Bonchev–Trinajstić information content (AvgIpc) is 0.906. The smallest absolute Gasteiger partial charge is 0.462 e. The summed E-state index contributed by atoms with van der Waals surface area (Å²) in [6.07, 6.45) is 99.5. The highest BCUT2D eigenvalue weighted by Gasteiger charge is 2.30. The molecule has 108 heavy (non-hydrogen) atoms. The van der Waals surface area contributed by atoms with E-state index in [1.165, 1.54) is 0 Å². The van der Waals surface area contributed by atoms with Crippen molar-refractivity contribution < 1.29 is 80.2 Å². The molecule has 0 aliphatic carbocycles. The normalized spacial score (nSPS) is 15.0. The summed E-state index contributed by atoms with van der Waals surface area (Å²) in [7, 11) is -10.0. The number of hydrogen-bond acceptors (Lipinski definition) is 15. The van der Waals surface area contributed by atoms with E-state index in [0.717, 1.165) is 180 Å². The molecule has 5 unspecified atom stereocenters. The predicted molar refractivity (Wildman–Crippen MR) is 445 cm³/mol. The Labute approximate surface area is 651 Å². The van der Waals surface area contributed by atoms with E-state index in [4.69, 9.17) is 37.0 Å². The van der Waals surface area contributed by atoms with Gasteiger partial charge >= 0.3 is 39.5 Å². The molecule has 0 bridgehead atoms. The van der Waals surface area contributed by atoms with Gasteiger partial charge in [-0.15, -0.1) is 0 Å². The Balaban J connectivity index is 5.55. The fourth-order valence-electron chi connectivity index (χ4n) is 9.54. The zero-order valence-electron chi connectivity index (χ0n) is 66.2. The van der Waals surface area contributed by atoms with Gasteiger partial charge in [0.1, 0.15) is 19.3 Å². The molecule has 0 aromatic rings. The van der Waals surface area contributed by atoms with Crippen molar-refractivity contribution in [1.29, 1.82) is 0 Å². The summed E-state index contributed by atoms with van der Waals surface area (Å²) in [5.74, 6) is -2.44. The minimum atomic E-state index is -5.03. The second-order valence-corrected chi connectivity index (χ2v) is 28.4. The number of carbonyl (C=O) groups excluding carboxylic acids is 4. The van der Waals surface area contributed by atoms with Crippen LogP contribution in [0.1, 0.15) is 259 Å². The molecule has 0 aliphatic heterocycles. The minimum Gasteiger partial charge on any atom is -0.462 e. The standard InChI is InChI=1S/C89H138O17P2/c1-5-9-13-17-21-25-29-33-37-40-41-44-47-50-54-58-62-66-70-74-87(92)100-80-85(106-89(94)76-72-68-64-60-56-52-48-43-39-35-31-27-23-19-15-11-7-3)82-104-108(97,98)102-78-83(90)77-101-107(95,96)103-81-84(105-88(93)75-71-67-63-59-55-51-45-36-32-28-24-20-16-12-8-4)79-99-86(91)73-69-65-61-57-53-49-46-42-38-34-30-26-22-18-14-10-6-2/h9-16,21-28,33-39,41,44-46,48-50,52,54-55,59,67,71,83-85,90H,5-8,17-20,29-32,40,42-43,47,51,53,56-58,60-66,68-70,72-82H2,1-4H3,(H,95,96)(H,97,98)/b13-9-,14-10-,15-11-,16-12-,25-21-,26-22-,27-23-,28-24-,37-33-,38-34-,39-35-,44-41-,45-36-,49-46-,52-48-,54-50-,59-55-,71-67-. The molecule has 3 N–H and O–H groups in total. The van der Waals surface area contributed by atoms with Crippen molar-refractivity contribution in [2.75, 3.05) is 39.6 Å². The highest BCUT2D eigenvalue weighted by atomic mass is 31.2. The first kappa shape index (κ1) is 101. The van der Waals surface area contributed by atoms with Gasteiger partial charge in [-0.3, -0.25) is 37.3 Å². The molecule has 0 aromatic heterocycles. The molecular formula is C89H138O17P2. The highest BCUT2D eigenvalue weighted by molar-refractivity contribution is 7.47. The van der Waals surface area contributed by atoms with Crippen LogP contribution in [0, 0.1) is 0 Å². The molecule has 0 saturated heterocycles. The lowest BCUT2D eigenvalue weighted by Gasteiger charge is -2.21. The maximum absolute atomic E-state index is 13.1. The number of aliphatic hydroxyl groups is 1. The van der Waals surface area contributed by atoms with Crippen LogP contribution in [-0.4, -0.2) is 96.7 Å². The van der Waals surface area contributed by atoms with Gasteiger partial charge in [0.05, 0.1) is 32.8 Å². The number of unbranched alkanes of at least 4 members (excludes halogenated alkanes) is 11. The molecule has 5 atom stereocenters. The maximum Gasteiger partial charge on any atom is 0.472 e. The van der Waals surface area contributed by atoms with Gasteiger partial charge in [0, 0.05) is 19.3 Å². The molecule has 0 saturated carbocycles. The number of esters is 4. The number of phosphoric ester groups is 2. The first-order valence-corrected chi connectivity index (χ1v) is 43.0. The Morgan fingerprint density at radius 2 is 0.491 bits per heavy atom. The molecule has 0 rings (SSSR count). The lowest BCUT2D eigenvalue weighted by molar-refractivity contribution is -0.161. The third kappa shape index (κ3) is 77.5. The molecule has 0 radical (unpaired) electrons. The molecule has 0 heterocycles. The number of phosphoric acid groups is 2. The molecule has 0 aromatic carbocycles. The lowest BCUT2D eigenvalue weighted by atomic mass is 10.1. The number of aliphatic hydroxyl groups excluding tert-OH is 1. The van der Waals surface area contributed by atoms with E-state index in [2.05, 4.69) is 222 Å². The summed E-state index contributed by atoms with van der Waals surface area (Å²) in [4.78, 5) is 73.0. The third-order valence-electron chi connectivity index (χ3n) is 15.5. The van der Waals surface area contributed by atoms with E-state index < -0.39 is 97.5 Å². The van der Waals surface area contributed by atoms with Crippen molar-refractivity contribution in [3.63, 3.8) is 0 Å². The van der Waals surface area contributed by atoms with Gasteiger partial charge in [-0.25, -0.2) is 9.13 Å². The number of ether oxygens (including phenoxy) is 4.